The molecule has 112 valence electrons. The molecule has 1 N–H and O–H groups in total. The minimum atomic E-state index is -3.27. The summed E-state index contributed by atoms with van der Waals surface area (Å²) in [4.78, 5) is 1.38. The lowest BCUT2D eigenvalue weighted by Crippen LogP contribution is -3.10. The Balaban J connectivity index is 2.13. The van der Waals surface area contributed by atoms with Crippen molar-refractivity contribution in [2.24, 2.45) is 0 Å². The molecule has 5 nitrogen and oxygen atoms in total. The number of quaternary nitrogens is 1. The van der Waals surface area contributed by atoms with Gasteiger partial charge in [0.25, 0.3) is 10.2 Å². The Morgan fingerprint density at radius 3 is 2.05 bits per heavy atom. The molecule has 0 aromatic heterocycles. The third kappa shape index (κ3) is 2.88. The van der Waals surface area contributed by atoms with Crippen molar-refractivity contribution in [3.63, 3.8) is 0 Å². The summed E-state index contributed by atoms with van der Waals surface area (Å²) in [6, 6.07) is 6.32. The third-order valence-corrected chi connectivity index (χ3v) is 5.89. The smallest absolute Gasteiger partial charge is 0.281 e. The summed E-state index contributed by atoms with van der Waals surface area (Å²) < 4.78 is 27.1. The summed E-state index contributed by atoms with van der Waals surface area (Å²) >= 11 is 0. The number of aryl methyl sites for hydroxylation is 2. The number of hydrogen-bond acceptors (Lipinski definition) is 2. The highest BCUT2D eigenvalue weighted by atomic mass is 32.2. The highest BCUT2D eigenvalue weighted by Crippen LogP contribution is 2.16. The van der Waals surface area contributed by atoms with Gasteiger partial charge in [-0.3, -0.25) is 4.90 Å². The zero-order valence-electron chi connectivity index (χ0n) is 12.7. The molecule has 1 fully saturated rings. The van der Waals surface area contributed by atoms with Crippen LogP contribution >= 0.6 is 0 Å². The minimum Gasteiger partial charge on any atom is -0.300 e. The fourth-order valence-corrected chi connectivity index (χ4v) is 3.95. The van der Waals surface area contributed by atoms with Crippen LogP contribution in [-0.4, -0.2) is 57.3 Å². The van der Waals surface area contributed by atoms with E-state index in [0.29, 0.717) is 13.1 Å². The van der Waals surface area contributed by atoms with Crippen molar-refractivity contribution in [3.05, 3.63) is 29.3 Å². The Kier molecular flexibility index (Phi) is 4.49. The average Bonchev–Trinajstić information content (AvgIpc) is 2.39. The predicted molar refractivity (Wildman–Crippen MR) is 80.5 cm³/mol. The molecule has 0 aliphatic carbocycles. The molecule has 1 saturated heterocycles. The van der Waals surface area contributed by atoms with E-state index in [0.717, 1.165) is 13.1 Å². The Labute approximate surface area is 122 Å². The molecule has 1 aromatic rings. The molecule has 6 heteroatoms. The second-order valence-corrected chi connectivity index (χ2v) is 7.70. The monoisotopic (exact) mass is 298 g/mol. The molecular formula is C14H24N3O2S+. The third-order valence-electron chi connectivity index (χ3n) is 3.95. The van der Waals surface area contributed by atoms with Crippen LogP contribution in [0.3, 0.4) is 0 Å². The van der Waals surface area contributed by atoms with E-state index in [-0.39, 0.29) is 0 Å². The zero-order valence-corrected chi connectivity index (χ0v) is 13.5. The van der Waals surface area contributed by atoms with Gasteiger partial charge in [0, 0.05) is 25.2 Å². The topological polar surface area (TPSA) is 45.1 Å². The van der Waals surface area contributed by atoms with E-state index in [1.54, 1.807) is 18.4 Å². The maximum absolute atomic E-state index is 12.1. The van der Waals surface area contributed by atoms with Gasteiger partial charge in [0.05, 0.1) is 26.2 Å². The van der Waals surface area contributed by atoms with Crippen molar-refractivity contribution >= 4 is 15.9 Å². The molecule has 0 radical (unpaired) electrons. The van der Waals surface area contributed by atoms with E-state index in [2.05, 4.69) is 32.0 Å². The lowest BCUT2D eigenvalue weighted by atomic mass is 10.1. The normalized spacial score (nSPS) is 18.6. The van der Waals surface area contributed by atoms with Gasteiger partial charge in [-0.15, -0.1) is 0 Å². The van der Waals surface area contributed by atoms with Crippen LogP contribution < -0.4 is 4.90 Å². The van der Waals surface area contributed by atoms with Crippen molar-refractivity contribution in [2.75, 3.05) is 40.3 Å². The van der Waals surface area contributed by atoms with Gasteiger partial charge in [-0.2, -0.15) is 17.0 Å². The predicted octanol–water partition coefficient (Wildman–Crippen LogP) is -0.0582. The van der Waals surface area contributed by atoms with Crippen LogP contribution in [0, 0.1) is 13.8 Å². The number of benzene rings is 1. The molecule has 20 heavy (non-hydrogen) atoms. The number of rotatable bonds is 3. The molecule has 0 amide bonds. The standard InChI is InChI=1S/C14H23N3O2S/c1-12-6-5-7-13(2)14(12)16-8-10-17(11-9-16)20(18,19)15(3)4/h5-7H,8-11H2,1-4H3/p+1. The van der Waals surface area contributed by atoms with Crippen molar-refractivity contribution in [3.8, 4) is 0 Å². The van der Waals surface area contributed by atoms with Gasteiger partial charge in [-0.25, -0.2) is 0 Å². The van der Waals surface area contributed by atoms with Gasteiger partial charge in [0.15, 0.2) is 0 Å². The first-order valence-corrected chi connectivity index (χ1v) is 8.32. The van der Waals surface area contributed by atoms with E-state index < -0.39 is 10.2 Å². The number of nitrogens with one attached hydrogen (secondary N) is 1. The van der Waals surface area contributed by atoms with Gasteiger partial charge in [0.2, 0.25) is 0 Å². The lowest BCUT2D eigenvalue weighted by Gasteiger charge is -2.33. The van der Waals surface area contributed by atoms with Gasteiger partial charge < -0.3 is 0 Å². The van der Waals surface area contributed by atoms with Gasteiger partial charge in [0.1, 0.15) is 5.69 Å². The van der Waals surface area contributed by atoms with E-state index >= 15 is 0 Å². The summed E-state index contributed by atoms with van der Waals surface area (Å²) in [5.74, 6) is 0. The highest BCUT2D eigenvalue weighted by Gasteiger charge is 2.32. The molecular weight excluding hydrogens is 274 g/mol. The fraction of sp³-hybridized carbons (Fsp3) is 0.571. The van der Waals surface area contributed by atoms with Crippen LogP contribution in [0.4, 0.5) is 5.69 Å². The van der Waals surface area contributed by atoms with Gasteiger partial charge in [-0.1, -0.05) is 18.2 Å². The minimum absolute atomic E-state index is 0.573. The first-order chi connectivity index (χ1) is 9.34. The molecule has 0 bridgehead atoms. The molecule has 0 unspecified atom stereocenters. The van der Waals surface area contributed by atoms with Crippen LogP contribution in [-0.2, 0) is 10.2 Å². The maximum atomic E-state index is 12.1. The second-order valence-electron chi connectivity index (χ2n) is 5.56. The highest BCUT2D eigenvalue weighted by molar-refractivity contribution is 7.86. The molecule has 1 aliphatic rings. The average molecular weight is 298 g/mol. The first-order valence-electron chi connectivity index (χ1n) is 6.93. The molecule has 0 spiro atoms. The summed E-state index contributed by atoms with van der Waals surface area (Å²) in [5.41, 5.74) is 3.89. The number of nitrogens with zero attached hydrogens (tertiary/aromatic N) is 2. The number of para-hydroxylation sites is 1. The van der Waals surface area contributed by atoms with Crippen molar-refractivity contribution < 1.29 is 13.3 Å². The summed E-state index contributed by atoms with van der Waals surface area (Å²) in [6.45, 7) is 7.03. The van der Waals surface area contributed by atoms with E-state index in [9.17, 15) is 8.42 Å². The Morgan fingerprint density at radius 1 is 1.10 bits per heavy atom. The SMILES string of the molecule is Cc1cccc(C)c1[NH+]1CCN(S(=O)(=O)N(C)C)CC1. The summed E-state index contributed by atoms with van der Waals surface area (Å²) in [6.07, 6.45) is 0. The first kappa shape index (κ1) is 15.4. The number of piperazine rings is 1. The molecule has 1 heterocycles. The molecule has 0 atom stereocenters. The maximum Gasteiger partial charge on any atom is 0.281 e. The Bertz CT molecular complexity index is 556. The quantitative estimate of drug-likeness (QED) is 0.850. The summed E-state index contributed by atoms with van der Waals surface area (Å²) in [7, 11) is -0.106. The van der Waals surface area contributed by atoms with Crippen LogP contribution in [0.2, 0.25) is 0 Å². The summed E-state index contributed by atoms with van der Waals surface area (Å²) in [5, 5.41) is 0. The Morgan fingerprint density at radius 2 is 1.60 bits per heavy atom. The second kappa shape index (κ2) is 5.81. The molecule has 1 aromatic carbocycles. The lowest BCUT2D eigenvalue weighted by molar-refractivity contribution is -0.837. The molecule has 1 aliphatic heterocycles. The van der Waals surface area contributed by atoms with Crippen LogP contribution in [0.5, 0.6) is 0 Å². The van der Waals surface area contributed by atoms with Crippen LogP contribution in [0.15, 0.2) is 18.2 Å². The fourth-order valence-electron chi connectivity index (χ4n) is 2.84. The van der Waals surface area contributed by atoms with Crippen molar-refractivity contribution in [1.29, 1.82) is 0 Å². The van der Waals surface area contributed by atoms with Gasteiger partial charge in [-0.05, 0) is 13.8 Å². The Hall–Kier alpha value is -0.950. The molecule has 0 saturated carbocycles. The van der Waals surface area contributed by atoms with Crippen LogP contribution in [0.1, 0.15) is 11.1 Å². The van der Waals surface area contributed by atoms with Crippen molar-refractivity contribution in [2.45, 2.75) is 13.8 Å². The zero-order chi connectivity index (χ0) is 14.9. The number of hydrogen-bond donors (Lipinski definition) is 1. The van der Waals surface area contributed by atoms with Gasteiger partial charge >= 0.3 is 0 Å². The van der Waals surface area contributed by atoms with E-state index in [1.807, 2.05) is 0 Å². The van der Waals surface area contributed by atoms with E-state index in [1.165, 1.54) is 26.0 Å². The van der Waals surface area contributed by atoms with E-state index in [4.69, 9.17) is 0 Å². The van der Waals surface area contributed by atoms with Crippen LogP contribution in [0.25, 0.3) is 0 Å². The molecule has 2 rings (SSSR count). The van der Waals surface area contributed by atoms with Crippen molar-refractivity contribution in [1.82, 2.24) is 8.61 Å². The largest absolute Gasteiger partial charge is 0.300 e.